The average molecular weight is 264 g/mol. The van der Waals surface area contributed by atoms with Gasteiger partial charge in [-0.25, -0.2) is 9.78 Å². The van der Waals surface area contributed by atoms with Gasteiger partial charge in [0, 0.05) is 11.2 Å². The van der Waals surface area contributed by atoms with Gasteiger partial charge in [-0.3, -0.25) is 5.32 Å². The van der Waals surface area contributed by atoms with Crippen molar-refractivity contribution < 1.29 is 9.90 Å². The van der Waals surface area contributed by atoms with Crippen LogP contribution < -0.4 is 10.6 Å². The van der Waals surface area contributed by atoms with Gasteiger partial charge < -0.3 is 10.4 Å². The summed E-state index contributed by atoms with van der Waals surface area (Å²) in [5.41, 5.74) is 0.232. The highest BCUT2D eigenvalue weighted by Gasteiger charge is 2.07. The first kappa shape index (κ1) is 12.2. The van der Waals surface area contributed by atoms with E-state index in [-0.39, 0.29) is 11.4 Å². The SMILES string of the molecule is O=C(Nc1ccccn1)Nc1cc(Cl)ccc1O. The standard InChI is InChI=1S/C12H10ClN3O2/c13-8-4-5-10(17)9(7-8)15-12(18)16-11-3-1-2-6-14-11/h1-7,17H,(H2,14,15,16,18). The number of hydrogen-bond donors (Lipinski definition) is 3. The van der Waals surface area contributed by atoms with Gasteiger partial charge in [0.15, 0.2) is 0 Å². The van der Waals surface area contributed by atoms with Gasteiger partial charge >= 0.3 is 6.03 Å². The maximum atomic E-state index is 11.6. The van der Waals surface area contributed by atoms with E-state index in [1.54, 1.807) is 24.4 Å². The number of carbonyl (C=O) groups is 1. The molecule has 0 unspecified atom stereocenters. The molecule has 0 saturated heterocycles. The van der Waals surface area contributed by atoms with E-state index in [1.807, 2.05) is 0 Å². The van der Waals surface area contributed by atoms with Gasteiger partial charge in [-0.05, 0) is 30.3 Å². The van der Waals surface area contributed by atoms with Crippen LogP contribution in [0.5, 0.6) is 5.75 Å². The van der Waals surface area contributed by atoms with Crippen molar-refractivity contribution >= 4 is 29.1 Å². The van der Waals surface area contributed by atoms with E-state index in [1.165, 1.54) is 18.2 Å². The zero-order valence-corrected chi connectivity index (χ0v) is 9.98. The smallest absolute Gasteiger partial charge is 0.324 e. The van der Waals surface area contributed by atoms with Crippen LogP contribution in [-0.2, 0) is 0 Å². The van der Waals surface area contributed by atoms with Crippen molar-refractivity contribution in [2.45, 2.75) is 0 Å². The van der Waals surface area contributed by atoms with E-state index < -0.39 is 6.03 Å². The molecule has 0 spiro atoms. The highest BCUT2D eigenvalue weighted by atomic mass is 35.5. The Morgan fingerprint density at radius 2 is 2.06 bits per heavy atom. The molecule has 1 aromatic heterocycles. The van der Waals surface area contributed by atoms with Crippen LogP contribution in [-0.4, -0.2) is 16.1 Å². The van der Waals surface area contributed by atoms with Gasteiger partial charge in [-0.1, -0.05) is 17.7 Å². The second-order valence-electron chi connectivity index (χ2n) is 3.46. The van der Waals surface area contributed by atoms with Crippen LogP contribution in [0.2, 0.25) is 5.02 Å². The number of aromatic nitrogens is 1. The molecule has 0 fully saturated rings. The van der Waals surface area contributed by atoms with Gasteiger partial charge in [0.2, 0.25) is 0 Å². The fourth-order valence-corrected chi connectivity index (χ4v) is 1.49. The number of amides is 2. The summed E-state index contributed by atoms with van der Waals surface area (Å²) in [5, 5.41) is 14.9. The second-order valence-corrected chi connectivity index (χ2v) is 3.89. The molecular formula is C12H10ClN3O2. The van der Waals surface area contributed by atoms with Crippen molar-refractivity contribution in [1.29, 1.82) is 0 Å². The lowest BCUT2D eigenvalue weighted by atomic mass is 10.3. The number of benzene rings is 1. The molecule has 0 bridgehead atoms. The summed E-state index contributed by atoms with van der Waals surface area (Å²) in [6.07, 6.45) is 1.56. The third-order valence-electron chi connectivity index (χ3n) is 2.11. The summed E-state index contributed by atoms with van der Waals surface area (Å²) >= 11 is 5.77. The van der Waals surface area contributed by atoms with Crippen LogP contribution in [0.3, 0.4) is 0 Å². The van der Waals surface area contributed by atoms with Gasteiger partial charge in [-0.2, -0.15) is 0 Å². The topological polar surface area (TPSA) is 74.2 Å². The first-order valence-electron chi connectivity index (χ1n) is 5.13. The zero-order chi connectivity index (χ0) is 13.0. The first-order valence-corrected chi connectivity index (χ1v) is 5.50. The average Bonchev–Trinajstić information content (AvgIpc) is 2.35. The number of carbonyl (C=O) groups excluding carboxylic acids is 1. The minimum absolute atomic E-state index is 0.0597. The van der Waals surface area contributed by atoms with Gasteiger partial charge in [0.1, 0.15) is 11.6 Å². The lowest BCUT2D eigenvalue weighted by Crippen LogP contribution is -2.20. The molecule has 0 atom stereocenters. The highest BCUT2D eigenvalue weighted by Crippen LogP contribution is 2.26. The number of anilines is 2. The Bertz CT molecular complexity index is 561. The summed E-state index contributed by atoms with van der Waals surface area (Å²) in [4.78, 5) is 15.6. The molecule has 0 saturated carbocycles. The Balaban J connectivity index is 2.05. The normalized spacial score (nSPS) is 9.83. The Kier molecular flexibility index (Phi) is 3.64. The number of halogens is 1. The predicted octanol–water partition coefficient (Wildman–Crippen LogP) is 3.08. The van der Waals surface area contributed by atoms with Crippen LogP contribution in [0.4, 0.5) is 16.3 Å². The van der Waals surface area contributed by atoms with Crippen LogP contribution in [0.1, 0.15) is 0 Å². The van der Waals surface area contributed by atoms with E-state index in [0.717, 1.165) is 0 Å². The monoisotopic (exact) mass is 263 g/mol. The molecule has 0 aliphatic carbocycles. The lowest BCUT2D eigenvalue weighted by Gasteiger charge is -2.08. The number of nitrogens with one attached hydrogen (secondary N) is 2. The number of nitrogens with zero attached hydrogens (tertiary/aromatic N) is 1. The van der Waals surface area contributed by atoms with E-state index >= 15 is 0 Å². The maximum Gasteiger partial charge on any atom is 0.324 e. The molecule has 18 heavy (non-hydrogen) atoms. The molecule has 6 heteroatoms. The van der Waals surface area contributed by atoms with Crippen molar-refractivity contribution in [2.75, 3.05) is 10.6 Å². The van der Waals surface area contributed by atoms with Gasteiger partial charge in [0.05, 0.1) is 5.69 Å². The predicted molar refractivity (Wildman–Crippen MR) is 70.0 cm³/mol. The number of hydrogen-bond acceptors (Lipinski definition) is 3. The molecule has 2 aromatic rings. The van der Waals surface area contributed by atoms with E-state index in [0.29, 0.717) is 10.8 Å². The third-order valence-corrected chi connectivity index (χ3v) is 2.35. The molecule has 92 valence electrons. The van der Waals surface area contributed by atoms with Crippen LogP contribution >= 0.6 is 11.6 Å². The van der Waals surface area contributed by atoms with Crippen molar-refractivity contribution in [1.82, 2.24) is 4.98 Å². The molecular weight excluding hydrogens is 254 g/mol. The summed E-state index contributed by atoms with van der Waals surface area (Å²) in [5.74, 6) is 0.354. The Morgan fingerprint density at radius 1 is 1.22 bits per heavy atom. The zero-order valence-electron chi connectivity index (χ0n) is 9.22. The minimum Gasteiger partial charge on any atom is -0.506 e. The number of aromatic hydroxyl groups is 1. The van der Waals surface area contributed by atoms with Gasteiger partial charge in [-0.15, -0.1) is 0 Å². The molecule has 3 N–H and O–H groups in total. The quantitative estimate of drug-likeness (QED) is 0.729. The number of phenolic OH excluding ortho intramolecular Hbond substituents is 1. The molecule has 0 aliphatic heterocycles. The van der Waals surface area contributed by atoms with Crippen molar-refractivity contribution in [2.24, 2.45) is 0 Å². The summed E-state index contributed by atoms with van der Waals surface area (Å²) < 4.78 is 0. The Morgan fingerprint density at radius 3 is 2.78 bits per heavy atom. The number of pyridine rings is 1. The molecule has 1 aromatic carbocycles. The van der Waals surface area contributed by atoms with E-state index in [9.17, 15) is 9.90 Å². The summed E-state index contributed by atoms with van der Waals surface area (Å²) in [6.45, 7) is 0. The number of phenols is 1. The second kappa shape index (κ2) is 5.37. The van der Waals surface area contributed by atoms with E-state index in [4.69, 9.17) is 11.6 Å². The molecule has 2 rings (SSSR count). The fourth-order valence-electron chi connectivity index (χ4n) is 1.31. The molecule has 1 heterocycles. The van der Waals surface area contributed by atoms with Crippen molar-refractivity contribution in [3.63, 3.8) is 0 Å². The third kappa shape index (κ3) is 3.11. The first-order chi connectivity index (χ1) is 8.65. The largest absolute Gasteiger partial charge is 0.506 e. The molecule has 5 nitrogen and oxygen atoms in total. The van der Waals surface area contributed by atoms with Crippen molar-refractivity contribution in [3.8, 4) is 5.75 Å². The van der Waals surface area contributed by atoms with Crippen LogP contribution in [0.15, 0.2) is 42.6 Å². The van der Waals surface area contributed by atoms with Crippen LogP contribution in [0.25, 0.3) is 0 Å². The fraction of sp³-hybridized carbons (Fsp3) is 0. The van der Waals surface area contributed by atoms with Crippen LogP contribution in [0, 0.1) is 0 Å². The molecule has 0 aliphatic rings. The summed E-state index contributed by atoms with van der Waals surface area (Å²) in [6, 6.07) is 9.01. The Hall–Kier alpha value is -2.27. The minimum atomic E-state index is -0.508. The number of urea groups is 1. The van der Waals surface area contributed by atoms with Crippen molar-refractivity contribution in [3.05, 3.63) is 47.6 Å². The highest BCUT2D eigenvalue weighted by molar-refractivity contribution is 6.31. The number of rotatable bonds is 2. The summed E-state index contributed by atoms with van der Waals surface area (Å²) in [7, 11) is 0. The Labute approximate surface area is 108 Å². The molecule has 0 radical (unpaired) electrons. The lowest BCUT2D eigenvalue weighted by molar-refractivity contribution is 0.262. The van der Waals surface area contributed by atoms with E-state index in [2.05, 4.69) is 15.6 Å². The maximum absolute atomic E-state index is 11.6. The molecule has 2 amide bonds. The van der Waals surface area contributed by atoms with Gasteiger partial charge in [0.25, 0.3) is 0 Å².